The van der Waals surface area contributed by atoms with Crippen LogP contribution < -0.4 is 14.4 Å². The maximum Gasteiger partial charge on any atom is 0.364 e. The molecule has 0 N–H and O–H groups in total. The van der Waals surface area contributed by atoms with Gasteiger partial charge in [0, 0.05) is 41.7 Å². The van der Waals surface area contributed by atoms with Crippen molar-refractivity contribution in [3.05, 3.63) is 63.8 Å². The standard InChI is InChI=1S/C24H26Cl2N4O4/c1-3-33-24(31)22-23(30(28-27-22)15-16-4-6-20(32-2)7-5-16)34-21-8-10-29(11-9-21)19-13-17(25)12-18(26)14-19/h4-7,12-14,21H,3,8-11,15H2,1-2H3. The summed E-state index contributed by atoms with van der Waals surface area (Å²) in [5, 5.41) is 9.45. The van der Waals surface area contributed by atoms with Crippen molar-refractivity contribution in [1.82, 2.24) is 15.0 Å². The lowest BCUT2D eigenvalue weighted by Gasteiger charge is -2.33. The van der Waals surface area contributed by atoms with Crippen molar-refractivity contribution >= 4 is 34.9 Å². The molecule has 1 saturated heterocycles. The van der Waals surface area contributed by atoms with Crippen LogP contribution in [0.2, 0.25) is 10.0 Å². The SMILES string of the molecule is CCOC(=O)c1nnn(Cc2ccc(OC)cc2)c1OC1CCN(c2cc(Cl)cc(Cl)c2)CC1. The van der Waals surface area contributed by atoms with Gasteiger partial charge in [0.15, 0.2) is 0 Å². The van der Waals surface area contributed by atoms with E-state index in [1.165, 1.54) is 0 Å². The van der Waals surface area contributed by atoms with Crippen LogP contribution in [-0.4, -0.2) is 53.9 Å². The summed E-state index contributed by atoms with van der Waals surface area (Å²) in [7, 11) is 1.62. The minimum absolute atomic E-state index is 0.0828. The molecule has 1 aliphatic heterocycles. The Hall–Kier alpha value is -2.97. The van der Waals surface area contributed by atoms with E-state index >= 15 is 0 Å². The number of ether oxygens (including phenoxy) is 3. The Labute approximate surface area is 208 Å². The Morgan fingerprint density at radius 3 is 2.38 bits per heavy atom. The van der Waals surface area contributed by atoms with Crippen LogP contribution in [0, 0.1) is 0 Å². The molecule has 2 aromatic carbocycles. The molecule has 4 rings (SSSR count). The van der Waals surface area contributed by atoms with Gasteiger partial charge in [-0.25, -0.2) is 9.48 Å². The average Bonchev–Trinajstić information content (AvgIpc) is 3.21. The Balaban J connectivity index is 1.49. The maximum absolute atomic E-state index is 12.5. The van der Waals surface area contributed by atoms with Crippen LogP contribution in [0.1, 0.15) is 35.8 Å². The van der Waals surface area contributed by atoms with E-state index < -0.39 is 5.97 Å². The van der Waals surface area contributed by atoms with Gasteiger partial charge in [0.25, 0.3) is 0 Å². The molecule has 0 saturated carbocycles. The van der Waals surface area contributed by atoms with Crippen LogP contribution in [0.25, 0.3) is 0 Å². The first-order valence-electron chi connectivity index (χ1n) is 11.1. The molecule has 8 nitrogen and oxygen atoms in total. The topological polar surface area (TPSA) is 78.7 Å². The van der Waals surface area contributed by atoms with Crippen LogP contribution in [0.3, 0.4) is 0 Å². The van der Waals surface area contributed by atoms with Crippen molar-refractivity contribution in [3.8, 4) is 11.6 Å². The highest BCUT2D eigenvalue weighted by Crippen LogP contribution is 2.29. The largest absolute Gasteiger partial charge is 0.497 e. The first-order chi connectivity index (χ1) is 16.5. The number of aromatic nitrogens is 3. The third-order valence-electron chi connectivity index (χ3n) is 5.58. The number of methoxy groups -OCH3 is 1. The number of piperidine rings is 1. The highest BCUT2D eigenvalue weighted by Gasteiger charge is 2.28. The Morgan fingerprint density at radius 2 is 1.76 bits per heavy atom. The van der Waals surface area contributed by atoms with E-state index in [-0.39, 0.29) is 18.4 Å². The molecule has 0 unspecified atom stereocenters. The Bertz CT molecular complexity index is 1110. The van der Waals surface area contributed by atoms with Gasteiger partial charge in [-0.05, 0) is 42.8 Å². The second kappa shape index (κ2) is 11.0. The van der Waals surface area contributed by atoms with Gasteiger partial charge in [-0.1, -0.05) is 40.5 Å². The van der Waals surface area contributed by atoms with Gasteiger partial charge in [-0.2, -0.15) is 0 Å². The molecule has 0 bridgehead atoms. The summed E-state index contributed by atoms with van der Waals surface area (Å²) in [6, 6.07) is 13.1. The smallest absolute Gasteiger partial charge is 0.364 e. The molecule has 0 spiro atoms. The number of esters is 1. The van der Waals surface area contributed by atoms with Gasteiger partial charge in [0.1, 0.15) is 11.9 Å². The fourth-order valence-corrected chi connectivity index (χ4v) is 4.38. The fraction of sp³-hybridized carbons (Fsp3) is 0.375. The van der Waals surface area contributed by atoms with Gasteiger partial charge in [-0.3, -0.25) is 0 Å². The predicted molar refractivity (Wildman–Crippen MR) is 130 cm³/mol. The monoisotopic (exact) mass is 504 g/mol. The molecule has 0 amide bonds. The molecule has 0 aliphatic carbocycles. The summed E-state index contributed by atoms with van der Waals surface area (Å²) in [6.07, 6.45) is 1.40. The minimum atomic E-state index is -0.551. The molecular weight excluding hydrogens is 479 g/mol. The molecule has 1 aromatic heterocycles. The zero-order valence-corrected chi connectivity index (χ0v) is 20.6. The van der Waals surface area contributed by atoms with Crippen LogP contribution in [-0.2, 0) is 11.3 Å². The number of rotatable bonds is 8. The van der Waals surface area contributed by atoms with E-state index in [0.29, 0.717) is 22.5 Å². The van der Waals surface area contributed by atoms with Crippen molar-refractivity contribution < 1.29 is 19.0 Å². The third kappa shape index (κ3) is 5.74. The molecule has 10 heteroatoms. The minimum Gasteiger partial charge on any atom is -0.497 e. The van der Waals surface area contributed by atoms with Gasteiger partial charge < -0.3 is 19.1 Å². The predicted octanol–water partition coefficient (Wildman–Crippen LogP) is 4.87. The fourth-order valence-electron chi connectivity index (χ4n) is 3.87. The van der Waals surface area contributed by atoms with Gasteiger partial charge >= 0.3 is 5.97 Å². The number of hydrogen-bond donors (Lipinski definition) is 0. The first-order valence-corrected chi connectivity index (χ1v) is 11.8. The van der Waals surface area contributed by atoms with E-state index in [0.717, 1.165) is 42.9 Å². The van der Waals surface area contributed by atoms with E-state index in [1.54, 1.807) is 24.8 Å². The number of carbonyl (C=O) groups excluding carboxylic acids is 1. The molecule has 0 atom stereocenters. The Kier molecular flexibility index (Phi) is 7.80. The van der Waals surface area contributed by atoms with Crippen molar-refractivity contribution in [1.29, 1.82) is 0 Å². The number of anilines is 1. The summed E-state index contributed by atoms with van der Waals surface area (Å²) >= 11 is 12.3. The van der Waals surface area contributed by atoms with Crippen LogP contribution in [0.15, 0.2) is 42.5 Å². The highest BCUT2D eigenvalue weighted by atomic mass is 35.5. The van der Waals surface area contributed by atoms with Gasteiger partial charge in [0.05, 0.1) is 20.3 Å². The lowest BCUT2D eigenvalue weighted by atomic mass is 10.1. The normalized spacial score (nSPS) is 14.2. The number of hydrogen-bond acceptors (Lipinski definition) is 7. The molecule has 180 valence electrons. The van der Waals surface area contributed by atoms with E-state index in [1.807, 2.05) is 36.4 Å². The molecule has 3 aromatic rings. The lowest BCUT2D eigenvalue weighted by molar-refractivity contribution is 0.0509. The van der Waals surface area contributed by atoms with Crippen LogP contribution in [0.5, 0.6) is 11.6 Å². The van der Waals surface area contributed by atoms with E-state index in [2.05, 4.69) is 15.2 Å². The summed E-state index contributed by atoms with van der Waals surface area (Å²) in [5.74, 6) is 0.529. The van der Waals surface area contributed by atoms with Crippen molar-refractivity contribution in [2.75, 3.05) is 31.7 Å². The summed E-state index contributed by atoms with van der Waals surface area (Å²) in [4.78, 5) is 14.7. The summed E-state index contributed by atoms with van der Waals surface area (Å²) in [5.41, 5.74) is 2.03. The second-order valence-corrected chi connectivity index (χ2v) is 8.77. The lowest BCUT2D eigenvalue weighted by Crippen LogP contribution is -2.38. The molecule has 2 heterocycles. The van der Waals surface area contributed by atoms with Crippen LogP contribution >= 0.6 is 23.2 Å². The van der Waals surface area contributed by atoms with Gasteiger partial charge in [-0.15, -0.1) is 5.10 Å². The molecule has 34 heavy (non-hydrogen) atoms. The third-order valence-corrected chi connectivity index (χ3v) is 6.02. The zero-order chi connectivity index (χ0) is 24.1. The molecule has 0 radical (unpaired) electrons. The number of nitrogens with zero attached hydrogens (tertiary/aromatic N) is 4. The number of benzene rings is 2. The van der Waals surface area contributed by atoms with Crippen molar-refractivity contribution in [2.24, 2.45) is 0 Å². The molecule has 1 fully saturated rings. The summed E-state index contributed by atoms with van der Waals surface area (Å²) < 4.78 is 18.3. The number of carbonyl (C=O) groups is 1. The molecular formula is C24H26Cl2N4O4. The quantitative estimate of drug-likeness (QED) is 0.405. The Morgan fingerprint density at radius 1 is 1.09 bits per heavy atom. The maximum atomic E-state index is 12.5. The van der Waals surface area contributed by atoms with Crippen molar-refractivity contribution in [3.63, 3.8) is 0 Å². The highest BCUT2D eigenvalue weighted by molar-refractivity contribution is 6.35. The first kappa shape index (κ1) is 24.2. The zero-order valence-electron chi connectivity index (χ0n) is 19.0. The van der Waals surface area contributed by atoms with Crippen molar-refractivity contribution in [2.45, 2.75) is 32.4 Å². The summed E-state index contributed by atoms with van der Waals surface area (Å²) in [6.45, 7) is 3.90. The van der Waals surface area contributed by atoms with Gasteiger partial charge in [0.2, 0.25) is 11.6 Å². The molecule has 1 aliphatic rings. The van der Waals surface area contributed by atoms with E-state index in [9.17, 15) is 4.79 Å². The second-order valence-electron chi connectivity index (χ2n) is 7.90. The number of halogens is 2. The average molecular weight is 505 g/mol. The van der Waals surface area contributed by atoms with Crippen LogP contribution in [0.4, 0.5) is 5.69 Å². The van der Waals surface area contributed by atoms with E-state index in [4.69, 9.17) is 37.4 Å².